The number of nitrogens with zero attached hydrogens (tertiary/aromatic N) is 2. The molecule has 0 spiro atoms. The molecule has 1 aliphatic rings. The van der Waals surface area contributed by atoms with Crippen LogP contribution < -0.4 is 0 Å². The first-order valence-corrected chi connectivity index (χ1v) is 6.24. The molecule has 0 bridgehead atoms. The average molecular weight is 227 g/mol. The lowest BCUT2D eigenvalue weighted by molar-refractivity contribution is -0.136. The van der Waals surface area contributed by atoms with Gasteiger partial charge in [0, 0.05) is 32.1 Å². The van der Waals surface area contributed by atoms with Crippen LogP contribution >= 0.6 is 0 Å². The molecule has 16 heavy (non-hydrogen) atoms. The van der Waals surface area contributed by atoms with Crippen LogP contribution in [0.1, 0.15) is 26.7 Å². The smallest absolute Gasteiger partial charge is 0.225 e. The van der Waals surface area contributed by atoms with E-state index in [1.165, 1.54) is 0 Å². The summed E-state index contributed by atoms with van der Waals surface area (Å²) in [5.74, 6) is 0.367. The lowest BCUT2D eigenvalue weighted by Crippen LogP contribution is -2.49. The summed E-state index contributed by atoms with van der Waals surface area (Å²) in [5, 5.41) is 10.3. The topological polar surface area (TPSA) is 43.5 Å². The van der Waals surface area contributed by atoms with Gasteiger partial charge in [-0.2, -0.15) is 0 Å². The lowest BCUT2D eigenvalue weighted by Gasteiger charge is -2.35. The van der Waals surface area contributed by atoms with Crippen LogP contribution in [0.15, 0.2) is 0 Å². The Morgan fingerprint density at radius 2 is 1.75 bits per heavy atom. The number of hydrogen-bond acceptors (Lipinski definition) is 2. The van der Waals surface area contributed by atoms with E-state index in [0.29, 0.717) is 0 Å². The Kier molecular flexibility index (Phi) is 5.77. The third-order valence-electron chi connectivity index (χ3n) is 3.05. The van der Waals surface area contributed by atoms with Crippen molar-refractivity contribution in [3.05, 3.63) is 0 Å². The Hall–Kier alpha value is -0.610. The predicted octanol–water partition coefficient (Wildman–Crippen LogP) is 0.997. The molecular formula is C12H23N2O2. The fourth-order valence-corrected chi connectivity index (χ4v) is 1.99. The van der Waals surface area contributed by atoms with Crippen LogP contribution in [0.2, 0.25) is 0 Å². The van der Waals surface area contributed by atoms with E-state index >= 15 is 0 Å². The van der Waals surface area contributed by atoms with Crippen molar-refractivity contribution in [2.24, 2.45) is 5.92 Å². The van der Waals surface area contributed by atoms with Crippen molar-refractivity contribution in [1.29, 1.82) is 0 Å². The number of amides is 1. The molecule has 4 nitrogen and oxygen atoms in total. The number of carbonyl (C=O) groups is 1. The average Bonchev–Trinajstić information content (AvgIpc) is 2.29. The van der Waals surface area contributed by atoms with E-state index in [-0.39, 0.29) is 18.4 Å². The number of carbonyl (C=O) groups excluding carboxylic acids is 1. The normalized spacial score (nSPS) is 18.1. The Labute approximate surface area is 98.2 Å². The summed E-state index contributed by atoms with van der Waals surface area (Å²) in [7, 11) is 0. The summed E-state index contributed by atoms with van der Waals surface area (Å²) in [4.78, 5) is 16.0. The molecule has 1 heterocycles. The van der Waals surface area contributed by atoms with Gasteiger partial charge < -0.3 is 4.90 Å². The zero-order valence-corrected chi connectivity index (χ0v) is 10.4. The molecule has 0 aromatic carbocycles. The van der Waals surface area contributed by atoms with Crippen LogP contribution in [-0.2, 0) is 9.90 Å². The Balaban J connectivity index is 2.20. The van der Waals surface area contributed by atoms with Gasteiger partial charge in [-0.15, -0.1) is 0 Å². The van der Waals surface area contributed by atoms with Gasteiger partial charge in [-0.25, -0.2) is 5.11 Å². The van der Waals surface area contributed by atoms with Gasteiger partial charge in [-0.1, -0.05) is 13.8 Å². The van der Waals surface area contributed by atoms with Crippen molar-refractivity contribution < 1.29 is 9.90 Å². The predicted molar refractivity (Wildman–Crippen MR) is 62.6 cm³/mol. The monoisotopic (exact) mass is 227 g/mol. The van der Waals surface area contributed by atoms with Crippen LogP contribution in [0.25, 0.3) is 0 Å². The Morgan fingerprint density at radius 3 is 2.25 bits per heavy atom. The lowest BCUT2D eigenvalue weighted by atomic mass is 10.1. The second-order valence-corrected chi connectivity index (χ2v) is 4.73. The number of piperazine rings is 1. The van der Waals surface area contributed by atoms with Crippen LogP contribution in [0.3, 0.4) is 0 Å². The molecule has 1 aliphatic heterocycles. The van der Waals surface area contributed by atoms with Crippen molar-refractivity contribution in [2.45, 2.75) is 26.7 Å². The van der Waals surface area contributed by atoms with Crippen molar-refractivity contribution in [1.82, 2.24) is 9.80 Å². The van der Waals surface area contributed by atoms with Gasteiger partial charge in [0.1, 0.15) is 0 Å². The van der Waals surface area contributed by atoms with Crippen molar-refractivity contribution >= 4 is 5.91 Å². The fourth-order valence-electron chi connectivity index (χ4n) is 1.99. The minimum absolute atomic E-state index is 0.0335. The summed E-state index contributed by atoms with van der Waals surface area (Å²) < 4.78 is 0. The maximum absolute atomic E-state index is 11.7. The largest absolute Gasteiger partial charge is 0.340 e. The van der Waals surface area contributed by atoms with Gasteiger partial charge in [0.05, 0.1) is 6.61 Å². The second-order valence-electron chi connectivity index (χ2n) is 4.73. The molecule has 0 N–H and O–H groups in total. The molecule has 1 radical (unpaired) electrons. The first-order valence-electron chi connectivity index (χ1n) is 6.24. The molecule has 1 fully saturated rings. The maximum Gasteiger partial charge on any atom is 0.225 e. The van der Waals surface area contributed by atoms with Gasteiger partial charge in [-0.3, -0.25) is 9.69 Å². The molecular weight excluding hydrogens is 204 g/mol. The van der Waals surface area contributed by atoms with Gasteiger partial charge in [0.15, 0.2) is 0 Å². The molecule has 1 rings (SSSR count). The van der Waals surface area contributed by atoms with E-state index in [2.05, 4.69) is 4.90 Å². The van der Waals surface area contributed by atoms with E-state index in [9.17, 15) is 9.90 Å². The number of hydrogen-bond donors (Lipinski definition) is 0. The van der Waals surface area contributed by atoms with E-state index in [4.69, 9.17) is 0 Å². The highest BCUT2D eigenvalue weighted by Gasteiger charge is 2.22. The summed E-state index contributed by atoms with van der Waals surface area (Å²) in [6, 6.07) is 0. The minimum atomic E-state index is 0.0335. The molecule has 0 aromatic heterocycles. The van der Waals surface area contributed by atoms with Crippen LogP contribution in [0.5, 0.6) is 0 Å². The first kappa shape index (κ1) is 13.5. The Morgan fingerprint density at radius 1 is 1.12 bits per heavy atom. The quantitative estimate of drug-likeness (QED) is 0.658. The summed E-state index contributed by atoms with van der Waals surface area (Å²) in [6.07, 6.45) is 1.76. The van der Waals surface area contributed by atoms with E-state index in [1.54, 1.807) is 0 Å². The summed E-state index contributed by atoms with van der Waals surface area (Å²) in [5.41, 5.74) is 0. The van der Waals surface area contributed by atoms with Crippen molar-refractivity contribution in [3.63, 3.8) is 0 Å². The molecule has 1 saturated heterocycles. The van der Waals surface area contributed by atoms with Crippen LogP contribution in [-0.4, -0.2) is 55.0 Å². The van der Waals surface area contributed by atoms with Crippen molar-refractivity contribution in [2.75, 3.05) is 39.3 Å². The molecule has 0 aliphatic carbocycles. The molecule has 0 unspecified atom stereocenters. The molecule has 0 saturated carbocycles. The zero-order valence-electron chi connectivity index (χ0n) is 10.4. The molecule has 0 aromatic rings. The van der Waals surface area contributed by atoms with Crippen LogP contribution in [0, 0.1) is 5.92 Å². The van der Waals surface area contributed by atoms with Gasteiger partial charge >= 0.3 is 0 Å². The highest BCUT2D eigenvalue weighted by atomic mass is 16.2. The summed E-state index contributed by atoms with van der Waals surface area (Å²) >= 11 is 0. The second kappa shape index (κ2) is 6.86. The fraction of sp³-hybridized carbons (Fsp3) is 0.917. The summed E-state index contributed by atoms with van der Waals surface area (Å²) in [6.45, 7) is 8.53. The maximum atomic E-state index is 11.7. The third-order valence-corrected chi connectivity index (χ3v) is 3.05. The highest BCUT2D eigenvalue weighted by molar-refractivity contribution is 5.78. The third kappa shape index (κ3) is 4.10. The van der Waals surface area contributed by atoms with Crippen LogP contribution in [0.4, 0.5) is 0 Å². The van der Waals surface area contributed by atoms with Gasteiger partial charge in [0.2, 0.25) is 5.91 Å². The van der Waals surface area contributed by atoms with Gasteiger partial charge in [-0.05, 0) is 19.4 Å². The minimum Gasteiger partial charge on any atom is -0.340 e. The molecule has 0 atom stereocenters. The molecule has 93 valence electrons. The zero-order chi connectivity index (χ0) is 12.0. The number of rotatable bonds is 5. The van der Waals surface area contributed by atoms with E-state index in [1.807, 2.05) is 18.7 Å². The first-order chi connectivity index (χ1) is 7.65. The molecule has 4 heteroatoms. The highest BCUT2D eigenvalue weighted by Crippen LogP contribution is 2.07. The van der Waals surface area contributed by atoms with Crippen molar-refractivity contribution in [3.8, 4) is 0 Å². The van der Waals surface area contributed by atoms with E-state index < -0.39 is 0 Å². The molecule has 1 amide bonds. The van der Waals surface area contributed by atoms with E-state index in [0.717, 1.165) is 45.6 Å². The standard InChI is InChI=1S/C12H23N2O2/c1-11(2)12(16)14-8-6-13(7-9-14)5-3-4-10-15/h11H,3-10H2,1-2H3. The number of unbranched alkanes of at least 4 members (excludes halogenated alkanes) is 1. The Bertz CT molecular complexity index is 211. The van der Waals surface area contributed by atoms with Gasteiger partial charge in [0.25, 0.3) is 0 Å². The SMILES string of the molecule is CC(C)C(=O)N1CCN(CCCC[O])CC1.